The van der Waals surface area contributed by atoms with E-state index in [9.17, 15) is 13.2 Å². The summed E-state index contributed by atoms with van der Waals surface area (Å²) >= 11 is 1.59. The molecule has 0 spiro atoms. The molecule has 3 aromatic heterocycles. The maximum absolute atomic E-state index is 12.8. The lowest BCUT2D eigenvalue weighted by atomic mass is 10.2. The first kappa shape index (κ1) is 16.5. The van der Waals surface area contributed by atoms with Gasteiger partial charge in [0.2, 0.25) is 5.09 Å². The second-order valence-corrected chi connectivity index (χ2v) is 9.39. The van der Waals surface area contributed by atoms with Crippen LogP contribution >= 0.6 is 11.3 Å². The third kappa shape index (κ3) is 2.62. The van der Waals surface area contributed by atoms with E-state index in [0.717, 1.165) is 34.0 Å². The Morgan fingerprint density at radius 2 is 2.12 bits per heavy atom. The molecule has 3 heterocycles. The van der Waals surface area contributed by atoms with Crippen molar-refractivity contribution in [3.05, 3.63) is 45.0 Å². The topological polar surface area (TPSA) is 85.4 Å². The first-order chi connectivity index (χ1) is 11.9. The van der Waals surface area contributed by atoms with Gasteiger partial charge in [-0.3, -0.25) is 9.36 Å². The minimum atomic E-state index is -3.63. The number of rotatable bonds is 4. The highest BCUT2D eigenvalue weighted by Crippen LogP contribution is 2.34. The van der Waals surface area contributed by atoms with Gasteiger partial charge in [0.05, 0.1) is 18.3 Å². The van der Waals surface area contributed by atoms with Crippen molar-refractivity contribution in [1.82, 2.24) is 13.9 Å². The molecular weight excluding hydrogens is 362 g/mol. The average molecular weight is 379 g/mol. The van der Waals surface area contributed by atoms with Crippen LogP contribution in [0.1, 0.15) is 22.6 Å². The van der Waals surface area contributed by atoms with Crippen LogP contribution < -0.4 is 5.56 Å². The zero-order chi connectivity index (χ0) is 17.8. The molecule has 0 saturated carbocycles. The van der Waals surface area contributed by atoms with E-state index >= 15 is 0 Å². The zero-order valence-corrected chi connectivity index (χ0v) is 15.5. The van der Waals surface area contributed by atoms with E-state index < -0.39 is 10.0 Å². The van der Waals surface area contributed by atoms with Gasteiger partial charge in [-0.15, -0.1) is 11.3 Å². The summed E-state index contributed by atoms with van der Waals surface area (Å²) < 4.78 is 32.2. The molecule has 0 unspecified atom stereocenters. The Hall–Kier alpha value is -1.97. The molecule has 0 saturated heterocycles. The normalized spacial score (nSPS) is 14.5. The molecule has 0 radical (unpaired) electrons. The van der Waals surface area contributed by atoms with E-state index in [4.69, 9.17) is 4.42 Å². The van der Waals surface area contributed by atoms with Crippen molar-refractivity contribution in [2.75, 3.05) is 14.1 Å². The number of sulfonamides is 1. The molecule has 9 heteroatoms. The van der Waals surface area contributed by atoms with Crippen LogP contribution in [-0.4, -0.2) is 36.4 Å². The molecule has 0 atom stereocenters. The van der Waals surface area contributed by atoms with Crippen LogP contribution in [0, 0.1) is 0 Å². The van der Waals surface area contributed by atoms with Gasteiger partial charge in [0.1, 0.15) is 10.6 Å². The minimum Gasteiger partial charge on any atom is -0.446 e. The Bertz CT molecular complexity index is 1120. The highest BCUT2D eigenvalue weighted by Gasteiger charge is 2.23. The predicted molar refractivity (Wildman–Crippen MR) is 94.6 cm³/mol. The monoisotopic (exact) mass is 379 g/mol. The Morgan fingerprint density at radius 3 is 2.88 bits per heavy atom. The summed E-state index contributed by atoms with van der Waals surface area (Å²) in [5.41, 5.74) is 1.03. The lowest BCUT2D eigenvalue weighted by Crippen LogP contribution is -2.22. The van der Waals surface area contributed by atoms with Gasteiger partial charge >= 0.3 is 0 Å². The van der Waals surface area contributed by atoms with Gasteiger partial charge in [-0.05, 0) is 37.0 Å². The van der Waals surface area contributed by atoms with E-state index in [1.54, 1.807) is 17.4 Å². The summed E-state index contributed by atoms with van der Waals surface area (Å²) in [5, 5.41) is 0.568. The smallest absolute Gasteiger partial charge is 0.275 e. The third-order valence-corrected chi connectivity index (χ3v) is 7.28. The van der Waals surface area contributed by atoms with Gasteiger partial charge in [-0.1, -0.05) is 0 Å². The van der Waals surface area contributed by atoms with Crippen molar-refractivity contribution in [3.63, 3.8) is 0 Å². The van der Waals surface area contributed by atoms with Gasteiger partial charge < -0.3 is 4.42 Å². The van der Waals surface area contributed by atoms with Crippen molar-refractivity contribution in [2.45, 2.75) is 30.9 Å². The molecule has 0 bridgehead atoms. The SMILES string of the molecule is CN(C)S(=O)(=O)c1ccc(Cn2cnc3sc4c(c3c2=O)CCC4)o1. The van der Waals surface area contributed by atoms with Crippen LogP contribution in [-0.2, 0) is 29.4 Å². The van der Waals surface area contributed by atoms with Crippen LogP contribution in [0.5, 0.6) is 0 Å². The lowest BCUT2D eigenvalue weighted by Gasteiger charge is -2.08. The molecule has 0 N–H and O–H groups in total. The number of hydrogen-bond donors (Lipinski definition) is 0. The van der Waals surface area contributed by atoms with Crippen molar-refractivity contribution < 1.29 is 12.8 Å². The molecule has 4 rings (SSSR count). The third-order valence-electron chi connectivity index (χ3n) is 4.39. The largest absolute Gasteiger partial charge is 0.446 e. The van der Waals surface area contributed by atoms with Gasteiger partial charge in [0.15, 0.2) is 0 Å². The van der Waals surface area contributed by atoms with Gasteiger partial charge in [-0.25, -0.2) is 17.7 Å². The number of furan rings is 1. The molecule has 3 aromatic rings. The van der Waals surface area contributed by atoms with Crippen molar-refractivity contribution in [2.24, 2.45) is 0 Å². The van der Waals surface area contributed by atoms with Crippen LogP contribution in [0.25, 0.3) is 10.2 Å². The fourth-order valence-electron chi connectivity index (χ4n) is 3.06. The van der Waals surface area contributed by atoms with Crippen molar-refractivity contribution in [1.29, 1.82) is 0 Å². The Labute approximate surface area is 148 Å². The van der Waals surface area contributed by atoms with E-state index in [1.165, 1.54) is 35.9 Å². The molecule has 0 aromatic carbocycles. The molecule has 25 heavy (non-hydrogen) atoms. The van der Waals surface area contributed by atoms with Crippen molar-refractivity contribution >= 4 is 31.6 Å². The molecular formula is C16H17N3O4S2. The van der Waals surface area contributed by atoms with Gasteiger partial charge in [0.25, 0.3) is 15.6 Å². The molecule has 7 nitrogen and oxygen atoms in total. The fourth-order valence-corrected chi connectivity index (χ4v) is 5.09. The lowest BCUT2D eigenvalue weighted by molar-refractivity contribution is 0.391. The summed E-state index contributed by atoms with van der Waals surface area (Å²) in [6.07, 6.45) is 4.51. The standard InChI is InChI=1S/C16H17N3O4S2/c1-18(2)25(21,22)13-7-6-10(23-13)8-19-9-17-15-14(16(19)20)11-4-3-5-12(11)24-15/h6-7,9H,3-5,8H2,1-2H3. The van der Waals surface area contributed by atoms with E-state index in [2.05, 4.69) is 4.98 Å². The minimum absolute atomic E-state index is 0.0992. The van der Waals surface area contributed by atoms with Crippen molar-refractivity contribution in [3.8, 4) is 0 Å². The maximum Gasteiger partial charge on any atom is 0.275 e. The van der Waals surface area contributed by atoms with Crippen LogP contribution in [0.2, 0.25) is 0 Å². The molecule has 0 fully saturated rings. The Morgan fingerprint density at radius 1 is 1.32 bits per heavy atom. The summed E-state index contributed by atoms with van der Waals surface area (Å²) in [6.45, 7) is 0.148. The van der Waals surface area contributed by atoms with E-state index in [0.29, 0.717) is 11.1 Å². The Balaban J connectivity index is 1.72. The fraction of sp³-hybridized carbons (Fsp3) is 0.375. The summed E-state index contributed by atoms with van der Waals surface area (Å²) in [6, 6.07) is 2.98. The molecule has 1 aliphatic rings. The second kappa shape index (κ2) is 5.79. The predicted octanol–water partition coefficient (Wildman–Crippen LogP) is 1.84. The first-order valence-corrected chi connectivity index (χ1v) is 10.1. The van der Waals surface area contributed by atoms with E-state index in [-0.39, 0.29) is 17.2 Å². The highest BCUT2D eigenvalue weighted by molar-refractivity contribution is 7.88. The zero-order valence-electron chi connectivity index (χ0n) is 13.9. The molecule has 132 valence electrons. The quantitative estimate of drug-likeness (QED) is 0.690. The number of aryl methyl sites for hydroxylation is 2. The summed E-state index contributed by atoms with van der Waals surface area (Å²) in [4.78, 5) is 19.3. The second-order valence-electron chi connectivity index (χ2n) is 6.22. The number of nitrogens with zero attached hydrogens (tertiary/aromatic N) is 3. The average Bonchev–Trinajstić information content (AvgIpc) is 3.25. The van der Waals surface area contributed by atoms with Crippen LogP contribution in [0.3, 0.4) is 0 Å². The molecule has 0 amide bonds. The highest BCUT2D eigenvalue weighted by atomic mass is 32.2. The maximum atomic E-state index is 12.8. The number of fused-ring (bicyclic) bond motifs is 3. The van der Waals surface area contributed by atoms with Gasteiger partial charge in [0, 0.05) is 19.0 Å². The Kier molecular flexibility index (Phi) is 3.82. The summed E-state index contributed by atoms with van der Waals surface area (Å²) in [5.74, 6) is 0.399. The van der Waals surface area contributed by atoms with Gasteiger partial charge in [-0.2, -0.15) is 0 Å². The number of thiophene rings is 1. The number of aromatic nitrogens is 2. The molecule has 0 aliphatic heterocycles. The van der Waals surface area contributed by atoms with Crippen LogP contribution in [0.4, 0.5) is 0 Å². The van der Waals surface area contributed by atoms with Crippen LogP contribution in [0.15, 0.2) is 32.8 Å². The number of hydrogen-bond acceptors (Lipinski definition) is 6. The molecule has 1 aliphatic carbocycles. The summed E-state index contributed by atoms with van der Waals surface area (Å²) in [7, 11) is -0.744. The van der Waals surface area contributed by atoms with E-state index in [1.807, 2.05) is 0 Å². The first-order valence-electron chi connectivity index (χ1n) is 7.89.